The quantitative estimate of drug-likeness (QED) is 0.416. The molecule has 1 aromatic heterocycles. The van der Waals surface area contributed by atoms with Crippen LogP contribution in [0.5, 0.6) is 0 Å². The van der Waals surface area contributed by atoms with Crippen molar-refractivity contribution in [1.29, 1.82) is 0 Å². The van der Waals surface area contributed by atoms with Crippen LogP contribution >= 0.6 is 24.0 Å². The molecule has 2 aliphatic rings. The first-order valence-corrected chi connectivity index (χ1v) is 9.18. The summed E-state index contributed by atoms with van der Waals surface area (Å²) < 4.78 is 2.10. The van der Waals surface area contributed by atoms with Crippen LogP contribution in [0.2, 0.25) is 0 Å². The highest BCUT2D eigenvalue weighted by Gasteiger charge is 2.32. The van der Waals surface area contributed by atoms with Crippen LogP contribution < -0.4 is 10.6 Å². The van der Waals surface area contributed by atoms with E-state index in [1.54, 1.807) is 0 Å². The lowest BCUT2D eigenvalue weighted by atomic mass is 9.94. The summed E-state index contributed by atoms with van der Waals surface area (Å²) in [6.07, 6.45) is 6.82. The third-order valence-corrected chi connectivity index (χ3v) is 5.07. The molecule has 0 saturated heterocycles. The fraction of sp³-hybridized carbons (Fsp3) is 0.778. The molecule has 2 N–H and O–H groups in total. The molecule has 0 aliphatic heterocycles. The molecular weight excluding hydrogens is 413 g/mol. The largest absolute Gasteiger partial charge is 0.357 e. The zero-order valence-electron chi connectivity index (χ0n) is 15.4. The van der Waals surface area contributed by atoms with E-state index in [4.69, 9.17) is 10.1 Å². The van der Waals surface area contributed by atoms with Crippen molar-refractivity contribution in [3.8, 4) is 0 Å². The maximum absolute atomic E-state index is 4.78. The predicted octanol–water partition coefficient (Wildman–Crippen LogP) is 3.15. The van der Waals surface area contributed by atoms with Crippen molar-refractivity contribution in [2.24, 2.45) is 16.8 Å². The van der Waals surface area contributed by atoms with Gasteiger partial charge >= 0.3 is 0 Å². The number of fused-ring (bicyclic) bond motifs is 1. The van der Waals surface area contributed by atoms with E-state index in [1.807, 2.05) is 0 Å². The number of guanidine groups is 1. The maximum atomic E-state index is 4.78. The Balaban J connectivity index is 0.00000208. The fourth-order valence-electron chi connectivity index (χ4n) is 3.28. The Bertz CT molecular complexity index is 566. The Morgan fingerprint density at radius 3 is 2.83 bits per heavy atom. The van der Waals surface area contributed by atoms with Gasteiger partial charge in [0.1, 0.15) is 0 Å². The number of aromatic nitrogens is 2. The minimum Gasteiger partial charge on any atom is -0.357 e. The van der Waals surface area contributed by atoms with Crippen molar-refractivity contribution >= 4 is 29.9 Å². The summed E-state index contributed by atoms with van der Waals surface area (Å²) in [5.41, 5.74) is 2.68. The minimum absolute atomic E-state index is 0. The van der Waals surface area contributed by atoms with Crippen molar-refractivity contribution in [2.75, 3.05) is 13.1 Å². The molecule has 136 valence electrons. The maximum Gasteiger partial charge on any atom is 0.191 e. The van der Waals surface area contributed by atoms with Crippen molar-refractivity contribution in [3.05, 3.63) is 17.5 Å². The summed E-state index contributed by atoms with van der Waals surface area (Å²) in [5, 5.41) is 11.8. The third-order valence-electron chi connectivity index (χ3n) is 5.07. The number of hydrogen-bond acceptors (Lipinski definition) is 2. The van der Waals surface area contributed by atoms with Crippen molar-refractivity contribution in [3.63, 3.8) is 0 Å². The molecule has 24 heavy (non-hydrogen) atoms. The van der Waals surface area contributed by atoms with Gasteiger partial charge in [-0.3, -0.25) is 9.67 Å². The predicted molar refractivity (Wildman–Crippen MR) is 110 cm³/mol. The van der Waals surface area contributed by atoms with Gasteiger partial charge in [-0.1, -0.05) is 6.92 Å². The van der Waals surface area contributed by atoms with E-state index in [9.17, 15) is 0 Å². The number of halogens is 1. The highest BCUT2D eigenvalue weighted by Crippen LogP contribution is 2.37. The Morgan fingerprint density at radius 2 is 2.21 bits per heavy atom. The van der Waals surface area contributed by atoms with E-state index >= 15 is 0 Å². The van der Waals surface area contributed by atoms with Gasteiger partial charge in [-0.15, -0.1) is 24.0 Å². The van der Waals surface area contributed by atoms with Crippen LogP contribution in [0.15, 0.2) is 11.2 Å². The third kappa shape index (κ3) is 4.86. The fourth-order valence-corrected chi connectivity index (χ4v) is 3.28. The topological polar surface area (TPSA) is 54.2 Å². The van der Waals surface area contributed by atoms with Crippen LogP contribution in [-0.4, -0.2) is 34.9 Å². The molecule has 5 nitrogen and oxygen atoms in total. The second-order valence-electron chi connectivity index (χ2n) is 7.45. The lowest BCUT2D eigenvalue weighted by Gasteiger charge is -2.24. The highest BCUT2D eigenvalue weighted by molar-refractivity contribution is 14.0. The van der Waals surface area contributed by atoms with Crippen molar-refractivity contribution in [2.45, 2.75) is 65.5 Å². The summed E-state index contributed by atoms with van der Waals surface area (Å²) in [6.45, 7) is 10.7. The van der Waals surface area contributed by atoms with Gasteiger partial charge in [-0.25, -0.2) is 0 Å². The molecule has 1 heterocycles. The van der Waals surface area contributed by atoms with E-state index in [0.717, 1.165) is 50.1 Å². The highest BCUT2D eigenvalue weighted by atomic mass is 127. The van der Waals surface area contributed by atoms with E-state index < -0.39 is 0 Å². The summed E-state index contributed by atoms with van der Waals surface area (Å²) in [5.74, 6) is 2.63. The molecule has 3 atom stereocenters. The Kier molecular flexibility index (Phi) is 6.95. The SMILES string of the molecule is CCNC(=NCC1CC1C)NC1CCc2cn(C(C)C)nc2C1.I. The van der Waals surface area contributed by atoms with E-state index in [1.165, 1.54) is 17.7 Å². The van der Waals surface area contributed by atoms with E-state index in [0.29, 0.717) is 12.1 Å². The first kappa shape index (κ1) is 19.5. The standard InChI is InChI=1S/C18H31N5.HI/c1-5-19-18(20-10-15-8-13(15)4)21-16-7-6-14-11-23(12(2)3)22-17(14)9-16;/h11-13,15-16H,5-10H2,1-4H3,(H2,19,20,21);1H. The molecule has 0 amide bonds. The van der Waals surface area contributed by atoms with E-state index in [2.05, 4.69) is 49.2 Å². The Morgan fingerprint density at radius 1 is 1.46 bits per heavy atom. The smallest absolute Gasteiger partial charge is 0.191 e. The zero-order valence-corrected chi connectivity index (χ0v) is 17.7. The van der Waals surface area contributed by atoms with Crippen molar-refractivity contribution in [1.82, 2.24) is 20.4 Å². The summed E-state index contributed by atoms with van der Waals surface area (Å²) >= 11 is 0. The monoisotopic (exact) mass is 445 g/mol. The average molecular weight is 445 g/mol. The molecular formula is C18H32IN5. The van der Waals surface area contributed by atoms with Gasteiger partial charge in [0.25, 0.3) is 0 Å². The van der Waals surface area contributed by atoms with Gasteiger partial charge in [0.05, 0.1) is 5.69 Å². The van der Waals surface area contributed by atoms with Gasteiger partial charge < -0.3 is 10.6 Å². The number of hydrogen-bond donors (Lipinski definition) is 2. The first-order chi connectivity index (χ1) is 11.1. The molecule has 0 aromatic carbocycles. The van der Waals surface area contributed by atoms with Gasteiger partial charge in [-0.2, -0.15) is 5.10 Å². The number of aryl methyl sites for hydroxylation is 1. The zero-order chi connectivity index (χ0) is 16.4. The molecule has 1 fully saturated rings. The van der Waals surface area contributed by atoms with E-state index in [-0.39, 0.29) is 24.0 Å². The summed E-state index contributed by atoms with van der Waals surface area (Å²) in [4.78, 5) is 4.78. The second kappa shape index (κ2) is 8.54. The molecule has 0 bridgehead atoms. The van der Waals surface area contributed by atoms with Gasteiger partial charge in [0.15, 0.2) is 5.96 Å². The summed E-state index contributed by atoms with van der Waals surface area (Å²) in [7, 11) is 0. The lowest BCUT2D eigenvalue weighted by Crippen LogP contribution is -2.45. The molecule has 1 aromatic rings. The van der Waals surface area contributed by atoms with Gasteiger partial charge in [0.2, 0.25) is 0 Å². The lowest BCUT2D eigenvalue weighted by molar-refractivity contribution is 0.499. The van der Waals surface area contributed by atoms with Gasteiger partial charge in [-0.05, 0) is 57.4 Å². The van der Waals surface area contributed by atoms with Crippen LogP contribution in [-0.2, 0) is 12.8 Å². The second-order valence-corrected chi connectivity index (χ2v) is 7.45. The molecule has 1 saturated carbocycles. The molecule has 2 aliphatic carbocycles. The molecule has 0 spiro atoms. The number of rotatable bonds is 5. The van der Waals surface area contributed by atoms with Crippen LogP contribution in [0.4, 0.5) is 0 Å². The number of nitrogens with one attached hydrogen (secondary N) is 2. The molecule has 3 rings (SSSR count). The Hall–Kier alpha value is -0.790. The van der Waals surface area contributed by atoms with Crippen LogP contribution in [0, 0.1) is 11.8 Å². The normalized spacial score (nSPS) is 25.9. The number of aliphatic imine (C=N–C) groups is 1. The molecule has 6 heteroatoms. The first-order valence-electron chi connectivity index (χ1n) is 9.18. The Labute approximate surface area is 163 Å². The summed E-state index contributed by atoms with van der Waals surface area (Å²) in [6, 6.07) is 0.874. The van der Waals surface area contributed by atoms with Crippen molar-refractivity contribution < 1.29 is 0 Å². The van der Waals surface area contributed by atoms with Crippen LogP contribution in [0.1, 0.15) is 57.8 Å². The van der Waals surface area contributed by atoms with Gasteiger partial charge in [0, 0.05) is 37.8 Å². The average Bonchev–Trinajstić information content (AvgIpc) is 3.05. The van der Waals surface area contributed by atoms with Crippen LogP contribution in [0.3, 0.4) is 0 Å². The molecule has 3 unspecified atom stereocenters. The molecule has 0 radical (unpaired) electrons. The van der Waals surface area contributed by atoms with Crippen LogP contribution in [0.25, 0.3) is 0 Å². The number of nitrogens with zero attached hydrogens (tertiary/aromatic N) is 3. The minimum atomic E-state index is 0.